The van der Waals surface area contributed by atoms with Gasteiger partial charge < -0.3 is 0 Å². The first-order valence-corrected chi connectivity index (χ1v) is 15.4. The van der Waals surface area contributed by atoms with Crippen LogP contribution in [-0.2, 0) is 20.4 Å². The minimum atomic E-state index is -4.69. The van der Waals surface area contributed by atoms with Crippen molar-refractivity contribution in [1.29, 1.82) is 10.5 Å². The van der Waals surface area contributed by atoms with Crippen LogP contribution in [0.2, 0.25) is 0 Å². The minimum absolute atomic E-state index is 0. The van der Waals surface area contributed by atoms with Crippen LogP contribution in [0.3, 0.4) is 0 Å². The Morgan fingerprint density at radius 2 is 0.683 bits per heavy atom. The molecule has 10 heteroatoms. The van der Waals surface area contributed by atoms with Crippen LogP contribution in [0.1, 0.15) is 34.1 Å². The van der Waals surface area contributed by atoms with Gasteiger partial charge in [-0.2, -0.15) is 24.5 Å². The fraction of sp³-hybridized carbons (Fsp3) is 0.161. The molecule has 0 amide bonds. The molecule has 0 aliphatic carbocycles. The molecular formula is C31H37ClN2O4P2Pd. The predicted molar refractivity (Wildman–Crippen MR) is 162 cm³/mol. The molecule has 0 spiro atoms. The van der Waals surface area contributed by atoms with Gasteiger partial charge in [-0.25, -0.2) is 0 Å². The smallest absolute Gasteiger partial charge is 0.0777 e. The van der Waals surface area contributed by atoms with Crippen molar-refractivity contribution < 1.29 is 49.3 Å². The molecule has 0 fully saturated rings. The van der Waals surface area contributed by atoms with E-state index in [-0.39, 0.29) is 20.4 Å². The number of nitriles is 2. The van der Waals surface area contributed by atoms with E-state index >= 15 is 0 Å². The van der Waals surface area contributed by atoms with Gasteiger partial charge in [0.2, 0.25) is 0 Å². The van der Waals surface area contributed by atoms with E-state index in [1.165, 1.54) is 41.5 Å². The Bertz CT molecular complexity index is 1010. The van der Waals surface area contributed by atoms with Crippen molar-refractivity contribution in [3.05, 3.63) is 121 Å². The molecule has 0 bridgehead atoms. The van der Waals surface area contributed by atoms with Crippen molar-refractivity contribution in [2.24, 2.45) is 0 Å². The summed E-state index contributed by atoms with van der Waals surface area (Å²) in [5.74, 6) is 0. The fourth-order valence-corrected chi connectivity index (χ4v) is 4.52. The van der Waals surface area contributed by atoms with Crippen molar-refractivity contribution in [3.8, 4) is 12.1 Å². The number of halogens is 1. The molecule has 41 heavy (non-hydrogen) atoms. The third kappa shape index (κ3) is 33.6. The minimum Gasteiger partial charge on any atom is -0.199 e. The topological polar surface area (TPSA) is 137 Å². The largest absolute Gasteiger partial charge is 0.199 e. The quantitative estimate of drug-likeness (QED) is 0.256. The average Bonchev–Trinajstić information content (AvgIpc) is 2.92. The van der Waals surface area contributed by atoms with Gasteiger partial charge in [0.05, 0.1) is 27.0 Å². The molecule has 0 heterocycles. The molecule has 0 radical (unpaired) electrons. The summed E-state index contributed by atoms with van der Waals surface area (Å²) in [6, 6.07) is 45.8. The third-order valence-electron chi connectivity index (χ3n) is 3.67. The third-order valence-corrected chi connectivity index (χ3v) is 6.16. The number of hydrogen-bond acceptors (Lipinski definition) is 6. The van der Waals surface area contributed by atoms with E-state index in [1.807, 2.05) is 0 Å². The van der Waals surface area contributed by atoms with Crippen LogP contribution < -0.4 is 35.2 Å². The van der Waals surface area contributed by atoms with Crippen LogP contribution in [-0.4, -0.2) is 4.66 Å². The number of nitrogens with zero attached hydrogens (tertiary/aromatic N) is 2. The van der Waals surface area contributed by atoms with Gasteiger partial charge in [-0.15, -0.1) is 0 Å². The molecule has 0 unspecified atom stereocenters. The first-order chi connectivity index (χ1) is 19.1. The van der Waals surface area contributed by atoms with E-state index in [4.69, 9.17) is 29.2 Å². The summed E-state index contributed by atoms with van der Waals surface area (Å²) < 4.78 is 32.7. The van der Waals surface area contributed by atoms with E-state index in [2.05, 4.69) is 135 Å². The molecule has 4 rings (SSSR count). The first kappa shape index (κ1) is 43.0. The number of hydrogen-bond donors (Lipinski definition) is 1. The van der Waals surface area contributed by atoms with Crippen molar-refractivity contribution in [2.45, 2.75) is 34.1 Å². The standard InChI is InChI=1S/2C12H11P.C3H8.2C2H3N.ClHO4.Pd/c2*1-3-7-11(8-4-1)13-12-9-5-2-6-10-12;1-3-2;2*1-2-3;2-1(3,4)5;/h2*1-10,13H;3H2,1-2H3;2*1H3;(H,2,3,4,5);. The number of benzene rings is 4. The molecule has 0 saturated carbocycles. The first-order valence-electron chi connectivity index (χ1n) is 12.1. The Morgan fingerprint density at radius 1 is 0.561 bits per heavy atom. The van der Waals surface area contributed by atoms with Crippen molar-refractivity contribution in [2.75, 3.05) is 0 Å². The fourth-order valence-electron chi connectivity index (χ4n) is 2.42. The molecule has 0 saturated heterocycles. The van der Waals surface area contributed by atoms with Gasteiger partial charge in [-0.1, -0.05) is 159 Å². The van der Waals surface area contributed by atoms with Crippen LogP contribution >= 0.6 is 17.2 Å². The molecule has 1 N–H and O–H groups in total. The second-order valence-electron chi connectivity index (χ2n) is 7.26. The molecule has 4 aromatic carbocycles. The van der Waals surface area contributed by atoms with Gasteiger partial charge in [0, 0.05) is 34.3 Å². The summed E-state index contributed by atoms with van der Waals surface area (Å²) in [5, 5.41) is 20.2. The second kappa shape index (κ2) is 30.5. The number of rotatable bonds is 4. The van der Waals surface area contributed by atoms with Gasteiger partial charge in [0.25, 0.3) is 0 Å². The Labute approximate surface area is 264 Å². The summed E-state index contributed by atoms with van der Waals surface area (Å²) in [6.45, 7) is 7.11. The Kier molecular flexibility index (Phi) is 31.9. The van der Waals surface area contributed by atoms with Crippen molar-refractivity contribution >= 4 is 38.4 Å². The SMILES string of the molecule is CC#N.CC#N.CCC.[O-][Cl+3]([O-])([O-])O.[Pd].c1ccc(Pc2ccccc2)cc1.c1ccc(Pc2ccccc2)cc1. The zero-order valence-corrected chi connectivity index (χ0v) is 27.8. The van der Waals surface area contributed by atoms with Gasteiger partial charge in [-0.05, 0) is 21.2 Å². The molecule has 0 aliphatic heterocycles. The van der Waals surface area contributed by atoms with Crippen LogP contribution in [0.4, 0.5) is 0 Å². The van der Waals surface area contributed by atoms with Gasteiger partial charge >= 0.3 is 0 Å². The van der Waals surface area contributed by atoms with E-state index < -0.39 is 10.2 Å². The zero-order valence-electron chi connectivity index (χ0n) is 23.5. The maximum absolute atomic E-state index is 8.60. The molecule has 222 valence electrons. The summed E-state index contributed by atoms with van der Waals surface area (Å²) in [4.78, 5) is 0. The average molecular weight is 705 g/mol. The van der Waals surface area contributed by atoms with Crippen molar-refractivity contribution in [1.82, 2.24) is 0 Å². The van der Waals surface area contributed by atoms with Crippen LogP contribution in [0.15, 0.2) is 121 Å². The monoisotopic (exact) mass is 704 g/mol. The van der Waals surface area contributed by atoms with Crippen LogP contribution in [0, 0.1) is 32.9 Å². The molecule has 6 nitrogen and oxygen atoms in total. The van der Waals surface area contributed by atoms with Gasteiger partial charge in [0.1, 0.15) is 0 Å². The van der Waals surface area contributed by atoms with Gasteiger partial charge in [0.15, 0.2) is 0 Å². The Balaban J connectivity index is -0.000000482. The second-order valence-corrected chi connectivity index (χ2v) is 10.9. The zero-order chi connectivity index (χ0) is 30.5. The summed E-state index contributed by atoms with van der Waals surface area (Å²) >= 11 is 0. The molecular weight excluding hydrogens is 668 g/mol. The van der Waals surface area contributed by atoms with Crippen LogP contribution in [0.5, 0.6) is 0 Å². The Hall–Kier alpha value is -2.49. The summed E-state index contributed by atoms with van der Waals surface area (Å²) in [6.07, 6.45) is 1.25. The van der Waals surface area contributed by atoms with E-state index in [0.717, 1.165) is 17.2 Å². The van der Waals surface area contributed by atoms with Crippen molar-refractivity contribution in [3.63, 3.8) is 0 Å². The predicted octanol–water partition coefficient (Wildman–Crippen LogP) is 2.98. The molecule has 0 atom stereocenters. The molecule has 0 aliphatic rings. The van der Waals surface area contributed by atoms with Gasteiger partial charge in [-0.3, -0.25) is 0 Å². The maximum Gasteiger partial charge on any atom is 0.0777 e. The summed E-state index contributed by atoms with van der Waals surface area (Å²) in [7, 11) is -3.14. The maximum atomic E-state index is 8.60. The molecule has 4 aromatic rings. The normalized spacial score (nSPS) is 8.54. The summed E-state index contributed by atoms with van der Waals surface area (Å²) in [5.41, 5.74) is 0. The van der Waals surface area contributed by atoms with Crippen LogP contribution in [0.25, 0.3) is 0 Å². The van der Waals surface area contributed by atoms with E-state index in [1.54, 1.807) is 12.1 Å². The molecule has 0 aromatic heterocycles. The van der Waals surface area contributed by atoms with E-state index in [0.29, 0.717) is 0 Å². The van der Waals surface area contributed by atoms with E-state index in [9.17, 15) is 0 Å². The Morgan fingerprint density at radius 3 is 0.805 bits per heavy atom.